The van der Waals surface area contributed by atoms with Gasteiger partial charge in [-0.1, -0.05) is 218 Å². The monoisotopic (exact) mass is 793 g/mol. The minimum atomic E-state index is -0.599. The standard InChI is InChI=1S/C58H39N3O/c1-5-20-40(21-6-1)48-32-13-14-33-50(48)57-60-55(41-22-7-2-8-23-41)59-56(61-57)45-27-18-25-43(39-45)42-24-17-26-44(38-42)49-34-19-36-52-54(49)62-53-37-16-15-35-51(53)58(52,46-28-9-3-10-29-46)47-30-11-4-12-31-47/h1-39H. The number of aromatic nitrogens is 3. The average molecular weight is 794 g/mol. The lowest BCUT2D eigenvalue weighted by atomic mass is 9.63. The number of ether oxygens (including phenoxy) is 1. The van der Waals surface area contributed by atoms with Crippen LogP contribution in [0, 0.1) is 0 Å². The SMILES string of the molecule is c1ccc(-c2nc(-c3cccc(-c4cccc(-c5cccc6c5Oc5ccccc5C6(c5ccccc5)c5ccccc5)c4)c3)nc(-c3ccccc3-c3ccccc3)n2)cc1. The van der Waals surface area contributed by atoms with Crippen LogP contribution in [0.4, 0.5) is 0 Å². The molecule has 0 amide bonds. The van der Waals surface area contributed by atoms with E-state index in [1.165, 1.54) is 11.1 Å². The Kier molecular flexibility index (Phi) is 9.36. The van der Waals surface area contributed by atoms with Crippen LogP contribution >= 0.6 is 0 Å². The van der Waals surface area contributed by atoms with Crippen molar-refractivity contribution in [2.75, 3.05) is 0 Å². The molecule has 0 fully saturated rings. The summed E-state index contributed by atoms with van der Waals surface area (Å²) in [4.78, 5) is 15.3. The molecule has 62 heavy (non-hydrogen) atoms. The highest BCUT2D eigenvalue weighted by Crippen LogP contribution is 2.57. The second-order valence-corrected chi connectivity index (χ2v) is 15.5. The molecule has 0 saturated carbocycles. The molecule has 0 radical (unpaired) electrons. The second kappa shape index (κ2) is 15.8. The van der Waals surface area contributed by atoms with Gasteiger partial charge in [-0.3, -0.25) is 0 Å². The Labute approximate surface area is 361 Å². The second-order valence-electron chi connectivity index (χ2n) is 15.5. The molecule has 0 unspecified atom stereocenters. The summed E-state index contributed by atoms with van der Waals surface area (Å²) >= 11 is 0. The van der Waals surface area contributed by atoms with Crippen LogP contribution in [0.2, 0.25) is 0 Å². The van der Waals surface area contributed by atoms with Crippen LogP contribution in [0.3, 0.4) is 0 Å². The van der Waals surface area contributed by atoms with Crippen molar-refractivity contribution in [2.45, 2.75) is 5.41 Å². The summed E-state index contributed by atoms with van der Waals surface area (Å²) < 4.78 is 6.99. The van der Waals surface area contributed by atoms with Crippen molar-refractivity contribution in [1.29, 1.82) is 0 Å². The largest absolute Gasteiger partial charge is 0.456 e. The van der Waals surface area contributed by atoms with E-state index in [-0.39, 0.29) is 0 Å². The van der Waals surface area contributed by atoms with Crippen molar-refractivity contribution in [3.8, 4) is 79.0 Å². The molecule has 0 saturated heterocycles. The Bertz CT molecular complexity index is 3160. The Morgan fingerprint density at radius 1 is 0.290 bits per heavy atom. The van der Waals surface area contributed by atoms with Gasteiger partial charge in [0.25, 0.3) is 0 Å². The summed E-state index contributed by atoms with van der Waals surface area (Å²) in [6.07, 6.45) is 0. The zero-order valence-electron chi connectivity index (χ0n) is 33.8. The summed E-state index contributed by atoms with van der Waals surface area (Å²) in [6, 6.07) is 82.7. The van der Waals surface area contributed by atoms with Crippen LogP contribution in [0.15, 0.2) is 237 Å². The van der Waals surface area contributed by atoms with E-state index in [1.54, 1.807) is 0 Å². The predicted octanol–water partition coefficient (Wildman–Crippen LogP) is 14.4. The molecule has 0 spiro atoms. The van der Waals surface area contributed by atoms with Crippen LogP contribution in [0.5, 0.6) is 11.5 Å². The molecular formula is C58H39N3O. The number of nitrogens with zero attached hydrogens (tertiary/aromatic N) is 3. The topological polar surface area (TPSA) is 47.9 Å². The van der Waals surface area contributed by atoms with E-state index in [4.69, 9.17) is 19.7 Å². The highest BCUT2D eigenvalue weighted by atomic mass is 16.5. The molecule has 2 heterocycles. The molecule has 0 aliphatic carbocycles. The zero-order chi connectivity index (χ0) is 41.3. The molecular weight excluding hydrogens is 755 g/mol. The first-order valence-corrected chi connectivity index (χ1v) is 20.9. The van der Waals surface area contributed by atoms with Gasteiger partial charge in [-0.25, -0.2) is 15.0 Å². The Hall–Kier alpha value is -8.21. The first-order chi connectivity index (χ1) is 30.7. The lowest BCUT2D eigenvalue weighted by Crippen LogP contribution is -2.34. The maximum atomic E-state index is 6.99. The lowest BCUT2D eigenvalue weighted by molar-refractivity contribution is 0.436. The van der Waals surface area contributed by atoms with Gasteiger partial charge in [0.2, 0.25) is 0 Å². The van der Waals surface area contributed by atoms with Gasteiger partial charge in [0, 0.05) is 33.4 Å². The van der Waals surface area contributed by atoms with E-state index in [0.29, 0.717) is 17.5 Å². The number of fused-ring (bicyclic) bond motifs is 2. The van der Waals surface area contributed by atoms with E-state index in [9.17, 15) is 0 Å². The highest BCUT2D eigenvalue weighted by molar-refractivity contribution is 5.84. The van der Waals surface area contributed by atoms with Crippen molar-refractivity contribution in [1.82, 2.24) is 15.0 Å². The fourth-order valence-corrected chi connectivity index (χ4v) is 9.05. The fraction of sp³-hybridized carbons (Fsp3) is 0.0172. The summed E-state index contributed by atoms with van der Waals surface area (Å²) in [5, 5.41) is 0. The highest BCUT2D eigenvalue weighted by Gasteiger charge is 2.45. The molecule has 0 atom stereocenters. The summed E-state index contributed by atoms with van der Waals surface area (Å²) in [5.41, 5.74) is 13.2. The van der Waals surface area contributed by atoms with E-state index in [1.807, 2.05) is 42.5 Å². The summed E-state index contributed by atoms with van der Waals surface area (Å²) in [6.45, 7) is 0. The van der Waals surface area contributed by atoms with Crippen LogP contribution in [0.25, 0.3) is 67.5 Å². The third-order valence-electron chi connectivity index (χ3n) is 11.9. The third kappa shape index (κ3) is 6.46. The van der Waals surface area contributed by atoms with Crippen LogP contribution in [-0.4, -0.2) is 15.0 Å². The summed E-state index contributed by atoms with van der Waals surface area (Å²) in [7, 11) is 0. The van der Waals surface area contributed by atoms with E-state index >= 15 is 0 Å². The number of benzene rings is 9. The van der Waals surface area contributed by atoms with Gasteiger partial charge in [-0.05, 0) is 57.1 Å². The van der Waals surface area contributed by atoms with Gasteiger partial charge < -0.3 is 4.74 Å². The maximum absolute atomic E-state index is 6.99. The van der Waals surface area contributed by atoms with Crippen molar-refractivity contribution in [3.63, 3.8) is 0 Å². The molecule has 10 aromatic rings. The van der Waals surface area contributed by atoms with Gasteiger partial charge in [0.1, 0.15) is 11.5 Å². The molecule has 1 aliphatic rings. The normalized spacial score (nSPS) is 12.5. The van der Waals surface area contributed by atoms with E-state index in [2.05, 4.69) is 194 Å². The first-order valence-electron chi connectivity index (χ1n) is 20.9. The summed E-state index contributed by atoms with van der Waals surface area (Å²) in [5.74, 6) is 3.56. The Morgan fingerprint density at radius 2 is 0.726 bits per heavy atom. The van der Waals surface area contributed by atoms with Gasteiger partial charge in [-0.2, -0.15) is 0 Å². The fourth-order valence-electron chi connectivity index (χ4n) is 9.05. The Morgan fingerprint density at radius 3 is 1.40 bits per heavy atom. The first kappa shape index (κ1) is 36.8. The third-order valence-corrected chi connectivity index (χ3v) is 11.9. The molecule has 292 valence electrons. The van der Waals surface area contributed by atoms with Crippen LogP contribution in [0.1, 0.15) is 22.3 Å². The van der Waals surface area contributed by atoms with E-state index < -0.39 is 5.41 Å². The van der Waals surface area contributed by atoms with Gasteiger partial charge >= 0.3 is 0 Å². The molecule has 11 rings (SSSR count). The van der Waals surface area contributed by atoms with Crippen molar-refractivity contribution < 1.29 is 4.74 Å². The average Bonchev–Trinajstić information content (AvgIpc) is 3.36. The number of hydrogen-bond acceptors (Lipinski definition) is 4. The zero-order valence-corrected chi connectivity index (χ0v) is 33.8. The number of rotatable bonds is 8. The molecule has 0 bridgehead atoms. The van der Waals surface area contributed by atoms with Crippen molar-refractivity contribution >= 4 is 0 Å². The smallest absolute Gasteiger partial charge is 0.164 e. The van der Waals surface area contributed by atoms with Crippen molar-refractivity contribution in [2.24, 2.45) is 0 Å². The van der Waals surface area contributed by atoms with Crippen molar-refractivity contribution in [3.05, 3.63) is 259 Å². The minimum Gasteiger partial charge on any atom is -0.456 e. The van der Waals surface area contributed by atoms with E-state index in [0.717, 1.165) is 72.7 Å². The molecule has 4 nitrogen and oxygen atoms in total. The molecule has 1 aromatic heterocycles. The van der Waals surface area contributed by atoms with Crippen LogP contribution < -0.4 is 4.74 Å². The number of para-hydroxylation sites is 2. The minimum absolute atomic E-state index is 0.599. The molecule has 0 N–H and O–H groups in total. The molecule has 4 heteroatoms. The number of hydrogen-bond donors (Lipinski definition) is 0. The van der Waals surface area contributed by atoms with Crippen LogP contribution in [-0.2, 0) is 5.41 Å². The predicted molar refractivity (Wildman–Crippen MR) is 251 cm³/mol. The quantitative estimate of drug-likeness (QED) is 0.154. The molecule has 1 aliphatic heterocycles. The molecule has 9 aromatic carbocycles. The lowest BCUT2D eigenvalue weighted by Gasteiger charge is -2.42. The van der Waals surface area contributed by atoms with Gasteiger partial charge in [0.15, 0.2) is 17.5 Å². The van der Waals surface area contributed by atoms with Gasteiger partial charge in [0.05, 0.1) is 5.41 Å². The Balaban J connectivity index is 1.03. The van der Waals surface area contributed by atoms with Gasteiger partial charge in [-0.15, -0.1) is 0 Å². The maximum Gasteiger partial charge on any atom is 0.164 e.